The van der Waals surface area contributed by atoms with Gasteiger partial charge in [-0.2, -0.15) is 10.2 Å². The molecule has 1 saturated heterocycles. The number of benzene rings is 1. The van der Waals surface area contributed by atoms with Crippen molar-refractivity contribution in [2.45, 2.75) is 20.4 Å². The van der Waals surface area contributed by atoms with Crippen LogP contribution in [0.2, 0.25) is 0 Å². The normalized spacial score (nSPS) is 14.9. The van der Waals surface area contributed by atoms with Crippen molar-refractivity contribution >= 4 is 5.91 Å². The van der Waals surface area contributed by atoms with E-state index in [0.29, 0.717) is 30.2 Å². The molecule has 0 aliphatic carbocycles. The monoisotopic (exact) mass is 392 g/mol. The van der Waals surface area contributed by atoms with Crippen molar-refractivity contribution in [3.63, 3.8) is 0 Å². The summed E-state index contributed by atoms with van der Waals surface area (Å²) >= 11 is 0. The van der Waals surface area contributed by atoms with Gasteiger partial charge >= 0.3 is 0 Å². The molecule has 4 rings (SSSR count). The highest BCUT2D eigenvalue weighted by Gasteiger charge is 2.25. The predicted molar refractivity (Wildman–Crippen MR) is 109 cm³/mol. The second-order valence-electron chi connectivity index (χ2n) is 7.33. The molecule has 3 heterocycles. The van der Waals surface area contributed by atoms with Crippen LogP contribution in [0.25, 0.3) is 5.82 Å². The number of nitrogens with zero attached hydrogens (tertiary/aromatic N) is 5. The average molecular weight is 392 g/mol. The molecule has 1 N–H and O–H groups in total. The van der Waals surface area contributed by atoms with Crippen LogP contribution in [-0.4, -0.2) is 61.9 Å². The minimum absolute atomic E-state index is 0.0197. The Bertz CT molecular complexity index is 1060. The van der Waals surface area contributed by atoms with Gasteiger partial charge in [-0.25, -0.2) is 9.78 Å². The Morgan fingerprint density at radius 1 is 1.07 bits per heavy atom. The van der Waals surface area contributed by atoms with E-state index in [1.165, 1.54) is 17.2 Å². The summed E-state index contributed by atoms with van der Waals surface area (Å²) in [7, 11) is 0. The zero-order valence-electron chi connectivity index (χ0n) is 16.6. The molecule has 0 radical (unpaired) electrons. The van der Waals surface area contributed by atoms with Crippen LogP contribution in [0.1, 0.15) is 27.2 Å². The number of aryl methyl sites for hydroxylation is 1. The number of nitrogens with one attached hydrogen (secondary N) is 1. The number of carbonyl (C=O) groups is 1. The van der Waals surface area contributed by atoms with E-state index < -0.39 is 0 Å². The van der Waals surface area contributed by atoms with Crippen molar-refractivity contribution in [3.05, 3.63) is 75.3 Å². The molecule has 1 aliphatic rings. The molecule has 0 saturated carbocycles. The quantitative estimate of drug-likeness (QED) is 0.728. The number of carbonyl (C=O) groups excluding carboxylic acids is 1. The molecular weight excluding hydrogens is 368 g/mol. The van der Waals surface area contributed by atoms with Crippen molar-refractivity contribution in [2.24, 2.45) is 0 Å². The summed E-state index contributed by atoms with van der Waals surface area (Å²) < 4.78 is 1.57. The first-order valence-electron chi connectivity index (χ1n) is 9.70. The van der Waals surface area contributed by atoms with Crippen LogP contribution in [0.5, 0.6) is 0 Å². The standard InChI is InChI=1S/C21H24N6O2/c1-15-5-3-4-6-17(15)14-25-9-11-26(12-10-25)21(29)18-13-22-27(16(18)2)19-7-8-20(28)24-23-19/h3-8,13H,9-12,14H2,1-2H3,(H,24,28). The molecule has 0 atom stereocenters. The number of piperazine rings is 1. The number of aromatic amines is 1. The van der Waals surface area contributed by atoms with E-state index in [2.05, 4.69) is 51.4 Å². The number of amides is 1. The maximum absolute atomic E-state index is 13.0. The second kappa shape index (κ2) is 8.00. The van der Waals surface area contributed by atoms with Gasteiger partial charge in [-0.3, -0.25) is 14.5 Å². The number of hydrogen-bond acceptors (Lipinski definition) is 5. The Balaban J connectivity index is 1.42. The van der Waals surface area contributed by atoms with Crippen LogP contribution in [-0.2, 0) is 6.54 Å². The first-order chi connectivity index (χ1) is 14.0. The third kappa shape index (κ3) is 3.97. The lowest BCUT2D eigenvalue weighted by atomic mass is 10.1. The lowest BCUT2D eigenvalue weighted by Gasteiger charge is -2.35. The predicted octanol–water partition coefficient (Wildman–Crippen LogP) is 1.53. The highest BCUT2D eigenvalue weighted by atomic mass is 16.2. The zero-order valence-corrected chi connectivity index (χ0v) is 16.6. The van der Waals surface area contributed by atoms with Gasteiger partial charge in [0.25, 0.3) is 11.5 Å². The van der Waals surface area contributed by atoms with E-state index in [4.69, 9.17) is 0 Å². The topological polar surface area (TPSA) is 87.1 Å². The van der Waals surface area contributed by atoms with E-state index in [1.807, 2.05) is 11.8 Å². The third-order valence-corrected chi connectivity index (χ3v) is 5.44. The Labute approximate surface area is 168 Å². The summed E-state index contributed by atoms with van der Waals surface area (Å²) in [6.45, 7) is 7.93. The fourth-order valence-electron chi connectivity index (χ4n) is 3.61. The fourth-order valence-corrected chi connectivity index (χ4v) is 3.61. The molecule has 8 heteroatoms. The maximum Gasteiger partial charge on any atom is 0.264 e. The van der Waals surface area contributed by atoms with Crippen molar-refractivity contribution in [1.29, 1.82) is 0 Å². The van der Waals surface area contributed by atoms with Gasteiger partial charge in [-0.05, 0) is 31.0 Å². The Hall–Kier alpha value is -3.26. The minimum Gasteiger partial charge on any atom is -0.336 e. The number of H-pyrrole nitrogens is 1. The van der Waals surface area contributed by atoms with Crippen LogP contribution in [0, 0.1) is 13.8 Å². The lowest BCUT2D eigenvalue weighted by Crippen LogP contribution is -2.48. The smallest absolute Gasteiger partial charge is 0.264 e. The van der Waals surface area contributed by atoms with E-state index in [9.17, 15) is 9.59 Å². The fraction of sp³-hybridized carbons (Fsp3) is 0.333. The van der Waals surface area contributed by atoms with Crippen molar-refractivity contribution in [3.8, 4) is 5.82 Å². The molecule has 3 aromatic rings. The number of aromatic nitrogens is 4. The summed E-state index contributed by atoms with van der Waals surface area (Å²) in [5, 5.41) is 10.7. The summed E-state index contributed by atoms with van der Waals surface area (Å²) in [6, 6.07) is 11.4. The minimum atomic E-state index is -0.279. The van der Waals surface area contributed by atoms with Crippen molar-refractivity contribution in [2.75, 3.05) is 26.2 Å². The van der Waals surface area contributed by atoms with Gasteiger partial charge in [0.05, 0.1) is 17.5 Å². The Morgan fingerprint density at radius 2 is 1.83 bits per heavy atom. The van der Waals surface area contributed by atoms with Gasteiger partial charge < -0.3 is 4.90 Å². The molecule has 1 amide bonds. The summed E-state index contributed by atoms with van der Waals surface area (Å²) in [6.07, 6.45) is 1.57. The molecule has 1 aliphatic heterocycles. The van der Waals surface area contributed by atoms with Gasteiger partial charge in [0, 0.05) is 38.8 Å². The molecular formula is C21H24N6O2. The molecule has 0 unspecified atom stereocenters. The first-order valence-corrected chi connectivity index (χ1v) is 9.70. The lowest BCUT2D eigenvalue weighted by molar-refractivity contribution is 0.0627. The van der Waals surface area contributed by atoms with Crippen LogP contribution in [0.15, 0.2) is 47.4 Å². The number of hydrogen-bond donors (Lipinski definition) is 1. The summed E-state index contributed by atoms with van der Waals surface area (Å²) in [5.74, 6) is 0.456. The average Bonchev–Trinajstić information content (AvgIpc) is 3.12. The van der Waals surface area contributed by atoms with Crippen molar-refractivity contribution in [1.82, 2.24) is 29.8 Å². The van der Waals surface area contributed by atoms with Crippen LogP contribution >= 0.6 is 0 Å². The molecule has 29 heavy (non-hydrogen) atoms. The van der Waals surface area contributed by atoms with Gasteiger partial charge in [0.1, 0.15) is 0 Å². The molecule has 150 valence electrons. The van der Waals surface area contributed by atoms with Gasteiger partial charge in [0.2, 0.25) is 0 Å². The number of rotatable bonds is 4. The molecule has 8 nitrogen and oxygen atoms in total. The van der Waals surface area contributed by atoms with Gasteiger partial charge in [-0.1, -0.05) is 24.3 Å². The Morgan fingerprint density at radius 3 is 2.52 bits per heavy atom. The summed E-state index contributed by atoms with van der Waals surface area (Å²) in [5.41, 5.74) is 3.61. The highest BCUT2D eigenvalue weighted by molar-refractivity contribution is 5.95. The first kappa shape index (κ1) is 19.1. The van der Waals surface area contributed by atoms with Gasteiger partial charge in [0.15, 0.2) is 5.82 Å². The summed E-state index contributed by atoms with van der Waals surface area (Å²) in [4.78, 5) is 28.5. The maximum atomic E-state index is 13.0. The van der Waals surface area contributed by atoms with E-state index in [-0.39, 0.29) is 11.5 Å². The molecule has 1 aromatic carbocycles. The van der Waals surface area contributed by atoms with Crippen molar-refractivity contribution < 1.29 is 4.79 Å². The molecule has 0 spiro atoms. The van der Waals surface area contributed by atoms with Crippen LogP contribution in [0.3, 0.4) is 0 Å². The zero-order chi connectivity index (χ0) is 20.4. The largest absolute Gasteiger partial charge is 0.336 e. The van der Waals surface area contributed by atoms with E-state index >= 15 is 0 Å². The molecule has 2 aromatic heterocycles. The van der Waals surface area contributed by atoms with Crippen LogP contribution in [0.4, 0.5) is 0 Å². The van der Waals surface area contributed by atoms with Gasteiger partial charge in [-0.15, -0.1) is 0 Å². The van der Waals surface area contributed by atoms with E-state index in [1.54, 1.807) is 16.9 Å². The van der Waals surface area contributed by atoms with Crippen LogP contribution < -0.4 is 5.56 Å². The van der Waals surface area contributed by atoms with E-state index in [0.717, 1.165) is 19.6 Å². The second-order valence-corrected chi connectivity index (χ2v) is 7.33. The Kier molecular flexibility index (Phi) is 5.26. The highest BCUT2D eigenvalue weighted by Crippen LogP contribution is 2.17. The SMILES string of the molecule is Cc1ccccc1CN1CCN(C(=O)c2cnn(-c3ccc(=O)[nH]n3)c2C)CC1. The molecule has 1 fully saturated rings. The third-order valence-electron chi connectivity index (χ3n) is 5.44. The molecule has 0 bridgehead atoms.